The number of rotatable bonds is 6. The van der Waals surface area contributed by atoms with Crippen LogP contribution in [0.4, 0.5) is 20.3 Å². The van der Waals surface area contributed by atoms with Gasteiger partial charge in [0, 0.05) is 23.1 Å². The summed E-state index contributed by atoms with van der Waals surface area (Å²) in [5.74, 6) is -0.901. The number of aromatic nitrogens is 2. The van der Waals surface area contributed by atoms with Crippen molar-refractivity contribution in [3.05, 3.63) is 58.9 Å². The minimum absolute atomic E-state index is 0.0461. The molecular formula is C21H16Cl2F2N4O3. The number of anilines is 2. The summed E-state index contributed by atoms with van der Waals surface area (Å²) >= 11 is 11.1. The van der Waals surface area contributed by atoms with Gasteiger partial charge in [0.05, 0.1) is 31.4 Å². The first-order chi connectivity index (χ1) is 15.4. The van der Waals surface area contributed by atoms with Gasteiger partial charge in [-0.2, -0.15) is 0 Å². The highest BCUT2D eigenvalue weighted by atomic mass is 35.5. The van der Waals surface area contributed by atoms with Gasteiger partial charge in [-0.25, -0.2) is 18.7 Å². The number of nitrogens with one attached hydrogen (secondary N) is 1. The predicted molar refractivity (Wildman–Crippen MR) is 117 cm³/mol. The van der Waals surface area contributed by atoms with Crippen molar-refractivity contribution in [1.29, 1.82) is 0 Å². The zero-order chi connectivity index (χ0) is 22.8. The van der Waals surface area contributed by atoms with Gasteiger partial charge in [-0.15, -0.1) is 0 Å². The Morgan fingerprint density at radius 3 is 2.75 bits per heavy atom. The van der Waals surface area contributed by atoms with Crippen molar-refractivity contribution in [2.75, 3.05) is 25.5 Å². The molecule has 1 aliphatic rings. The molecule has 1 fully saturated rings. The molecule has 0 radical (unpaired) electrons. The van der Waals surface area contributed by atoms with E-state index in [1.165, 1.54) is 25.6 Å². The highest BCUT2D eigenvalue weighted by molar-refractivity contribution is 6.31. The largest absolute Gasteiger partial charge is 0.493 e. The first-order valence-corrected chi connectivity index (χ1v) is 10.2. The Hall–Kier alpha value is -3.17. The summed E-state index contributed by atoms with van der Waals surface area (Å²) in [6.07, 6.45) is 2.32. The van der Waals surface area contributed by atoms with Crippen LogP contribution in [0.5, 0.6) is 11.5 Å². The second-order valence-corrected chi connectivity index (χ2v) is 7.50. The lowest BCUT2D eigenvalue weighted by Crippen LogP contribution is -2.55. The molecule has 0 atom stereocenters. The number of ether oxygens (including phenoxy) is 2. The number of carbonyl (C=O) groups excluding carboxylic acids is 1. The molecule has 1 saturated heterocycles. The van der Waals surface area contributed by atoms with Crippen LogP contribution in [0, 0.1) is 11.6 Å². The Bertz CT molecular complexity index is 1220. The molecule has 4 rings (SSSR count). The molecule has 1 N–H and O–H groups in total. The highest BCUT2D eigenvalue weighted by Crippen LogP contribution is 2.37. The molecule has 11 heteroatoms. The number of hydrogen-bond acceptors (Lipinski definition) is 6. The lowest BCUT2D eigenvalue weighted by atomic mass is 10.1. The molecule has 3 aromatic rings. The van der Waals surface area contributed by atoms with Crippen LogP contribution in [0.1, 0.15) is 0 Å². The number of amides is 1. The quantitative estimate of drug-likeness (QED) is 0.408. The molecule has 0 aliphatic carbocycles. The molecule has 0 spiro atoms. The number of hydrogen-bond donors (Lipinski definition) is 1. The minimum atomic E-state index is -0.936. The monoisotopic (exact) mass is 480 g/mol. The molecule has 7 nitrogen and oxygen atoms in total. The third-order valence-corrected chi connectivity index (χ3v) is 5.34. The molecule has 166 valence electrons. The van der Waals surface area contributed by atoms with Crippen LogP contribution in [0.3, 0.4) is 0 Å². The van der Waals surface area contributed by atoms with Gasteiger partial charge in [-0.1, -0.05) is 23.2 Å². The smallest absolute Gasteiger partial charge is 0.247 e. The lowest BCUT2D eigenvalue weighted by molar-refractivity contribution is -0.134. The Balaban J connectivity index is 1.62. The first-order valence-electron chi connectivity index (χ1n) is 9.37. The van der Waals surface area contributed by atoms with Crippen LogP contribution in [-0.2, 0) is 4.79 Å². The maximum atomic E-state index is 14.4. The fraction of sp³-hybridized carbons (Fsp3) is 0.190. The molecular weight excluding hydrogens is 465 g/mol. The van der Waals surface area contributed by atoms with Crippen molar-refractivity contribution in [3.63, 3.8) is 0 Å². The highest BCUT2D eigenvalue weighted by Gasteiger charge is 2.32. The van der Waals surface area contributed by atoms with Crippen molar-refractivity contribution in [3.8, 4) is 11.5 Å². The molecule has 2 heterocycles. The van der Waals surface area contributed by atoms with E-state index in [0.717, 1.165) is 11.6 Å². The van der Waals surface area contributed by atoms with Gasteiger partial charge in [-0.3, -0.25) is 4.79 Å². The van der Waals surface area contributed by atoms with Gasteiger partial charge in [0.1, 0.15) is 29.1 Å². The fourth-order valence-corrected chi connectivity index (χ4v) is 3.47. The van der Waals surface area contributed by atoms with Crippen LogP contribution in [-0.4, -0.2) is 47.1 Å². The maximum absolute atomic E-state index is 14.4. The van der Waals surface area contributed by atoms with E-state index in [4.69, 9.17) is 32.7 Å². The SMILES string of the molecule is COc1cc2ncnc(Nc3ccc(F)c(Cl)c3F)c2cc1OC1CN(C(=O)/C=C\Cl)C1. The second-order valence-electron chi connectivity index (χ2n) is 6.87. The normalized spacial score (nSPS) is 14.0. The number of halogens is 4. The number of benzene rings is 2. The second kappa shape index (κ2) is 9.13. The van der Waals surface area contributed by atoms with Crippen LogP contribution >= 0.6 is 23.2 Å². The van der Waals surface area contributed by atoms with E-state index in [1.54, 1.807) is 17.0 Å². The third-order valence-electron chi connectivity index (χ3n) is 4.87. The van der Waals surface area contributed by atoms with Gasteiger partial charge in [0.15, 0.2) is 17.3 Å². The van der Waals surface area contributed by atoms with Crippen LogP contribution < -0.4 is 14.8 Å². The number of likely N-dealkylation sites (tertiary alicyclic amines) is 1. The molecule has 1 amide bonds. The summed E-state index contributed by atoms with van der Waals surface area (Å²) in [6, 6.07) is 5.59. The van der Waals surface area contributed by atoms with Gasteiger partial charge >= 0.3 is 0 Å². The van der Waals surface area contributed by atoms with E-state index in [2.05, 4.69) is 15.3 Å². The van der Waals surface area contributed by atoms with E-state index in [9.17, 15) is 13.6 Å². The molecule has 0 unspecified atom stereocenters. The van der Waals surface area contributed by atoms with Gasteiger partial charge in [0.2, 0.25) is 5.91 Å². The zero-order valence-electron chi connectivity index (χ0n) is 16.6. The summed E-state index contributed by atoms with van der Waals surface area (Å²) < 4.78 is 39.2. The number of methoxy groups -OCH3 is 1. The van der Waals surface area contributed by atoms with Crippen molar-refractivity contribution < 1.29 is 23.0 Å². The Morgan fingerprint density at radius 1 is 1.25 bits per heavy atom. The number of fused-ring (bicyclic) bond motifs is 1. The van der Waals surface area contributed by atoms with Gasteiger partial charge in [-0.05, 0) is 18.2 Å². The van der Waals surface area contributed by atoms with Gasteiger partial charge < -0.3 is 19.7 Å². The summed E-state index contributed by atoms with van der Waals surface area (Å²) in [4.78, 5) is 21.8. The van der Waals surface area contributed by atoms with E-state index in [0.29, 0.717) is 35.5 Å². The van der Waals surface area contributed by atoms with Crippen molar-refractivity contribution >= 4 is 51.5 Å². The number of nitrogens with zero attached hydrogens (tertiary/aromatic N) is 3. The topological polar surface area (TPSA) is 76.6 Å². The standard InChI is InChI=1S/C21H16Cl2F2N4O3/c1-31-16-7-15-12(6-17(16)32-11-8-29(9-11)18(30)4-5-22)21(27-10-26-15)28-14-3-2-13(24)19(23)20(14)25/h2-7,10-11H,8-9H2,1H3,(H,26,27,28)/b5-4-. The van der Waals surface area contributed by atoms with Gasteiger partial charge in [0.25, 0.3) is 0 Å². The molecule has 2 aromatic carbocycles. The zero-order valence-corrected chi connectivity index (χ0v) is 18.1. The molecule has 1 aliphatic heterocycles. The molecule has 0 saturated carbocycles. The first kappa shape index (κ1) is 22.0. The van der Waals surface area contributed by atoms with Crippen molar-refractivity contribution in [2.24, 2.45) is 0 Å². The van der Waals surface area contributed by atoms with E-state index < -0.39 is 16.7 Å². The number of carbonyl (C=O) groups is 1. The molecule has 1 aromatic heterocycles. The van der Waals surface area contributed by atoms with Crippen molar-refractivity contribution in [1.82, 2.24) is 14.9 Å². The minimum Gasteiger partial charge on any atom is -0.493 e. The van der Waals surface area contributed by atoms with Crippen LogP contribution in [0.2, 0.25) is 5.02 Å². The van der Waals surface area contributed by atoms with E-state index in [-0.39, 0.29) is 23.5 Å². The Kier molecular flexibility index (Phi) is 6.29. The van der Waals surface area contributed by atoms with Crippen LogP contribution in [0.25, 0.3) is 10.9 Å². The maximum Gasteiger partial charge on any atom is 0.247 e. The summed E-state index contributed by atoms with van der Waals surface area (Å²) in [6.45, 7) is 0.772. The van der Waals surface area contributed by atoms with E-state index in [1.807, 2.05) is 0 Å². The van der Waals surface area contributed by atoms with Crippen LogP contribution in [0.15, 0.2) is 42.2 Å². The summed E-state index contributed by atoms with van der Waals surface area (Å²) in [5.41, 5.74) is 1.63. The average molecular weight is 481 g/mol. The summed E-state index contributed by atoms with van der Waals surface area (Å²) in [7, 11) is 1.49. The van der Waals surface area contributed by atoms with E-state index >= 15 is 0 Å². The molecule has 0 bridgehead atoms. The Labute approximate surface area is 191 Å². The van der Waals surface area contributed by atoms with Crippen molar-refractivity contribution in [2.45, 2.75) is 6.10 Å². The molecule has 32 heavy (non-hydrogen) atoms. The lowest BCUT2D eigenvalue weighted by Gasteiger charge is -2.38. The Morgan fingerprint density at radius 2 is 2.03 bits per heavy atom. The third kappa shape index (κ3) is 4.26. The predicted octanol–water partition coefficient (Wildman–Crippen LogP) is 4.66. The average Bonchev–Trinajstić information content (AvgIpc) is 2.76. The summed E-state index contributed by atoms with van der Waals surface area (Å²) in [5, 5.41) is 2.71. The fourth-order valence-electron chi connectivity index (χ4n) is 3.20.